The van der Waals surface area contributed by atoms with Gasteiger partial charge in [-0.1, -0.05) is 12.1 Å². The minimum atomic E-state index is -2.84. The first-order chi connectivity index (χ1) is 9.51. The molecule has 5 nitrogen and oxygen atoms in total. The molecular weight excluding hydrogens is 268 g/mol. The van der Waals surface area contributed by atoms with Gasteiger partial charge in [-0.2, -0.15) is 8.78 Å². The molecule has 0 aliphatic carbocycles. The van der Waals surface area contributed by atoms with Gasteiger partial charge in [0.15, 0.2) is 5.96 Å². The van der Waals surface area contributed by atoms with E-state index < -0.39 is 6.61 Å². The molecular formula is C13H19F2N3O2. The van der Waals surface area contributed by atoms with E-state index in [0.717, 1.165) is 5.56 Å². The van der Waals surface area contributed by atoms with Crippen molar-refractivity contribution in [2.45, 2.75) is 26.1 Å². The molecule has 0 fully saturated rings. The second kappa shape index (κ2) is 8.31. The fraction of sp³-hybridized carbons (Fsp3) is 0.462. The zero-order valence-electron chi connectivity index (χ0n) is 11.5. The number of nitrogens with zero attached hydrogens (tertiary/aromatic N) is 1. The van der Waals surface area contributed by atoms with Crippen molar-refractivity contribution in [3.8, 4) is 5.75 Å². The summed E-state index contributed by atoms with van der Waals surface area (Å²) in [6.07, 6.45) is 0. The van der Waals surface area contributed by atoms with Crippen molar-refractivity contribution in [3.63, 3.8) is 0 Å². The van der Waals surface area contributed by atoms with Gasteiger partial charge in [0.05, 0.1) is 13.2 Å². The molecule has 0 saturated carbocycles. The third kappa shape index (κ3) is 6.33. The van der Waals surface area contributed by atoms with Crippen LogP contribution in [-0.2, 0) is 11.3 Å². The van der Waals surface area contributed by atoms with Gasteiger partial charge in [-0.3, -0.25) is 0 Å². The van der Waals surface area contributed by atoms with Crippen molar-refractivity contribution in [1.82, 2.24) is 5.32 Å². The third-order valence-corrected chi connectivity index (χ3v) is 2.37. The van der Waals surface area contributed by atoms with E-state index >= 15 is 0 Å². The van der Waals surface area contributed by atoms with Crippen LogP contribution in [0, 0.1) is 0 Å². The Bertz CT molecular complexity index is 441. The molecule has 1 aromatic carbocycles. The number of methoxy groups -OCH3 is 1. The Morgan fingerprint density at radius 3 is 2.85 bits per heavy atom. The van der Waals surface area contributed by atoms with Crippen molar-refractivity contribution in [3.05, 3.63) is 29.8 Å². The summed E-state index contributed by atoms with van der Waals surface area (Å²) in [4.78, 5) is 4.12. The lowest BCUT2D eigenvalue weighted by molar-refractivity contribution is -0.0498. The molecule has 0 amide bonds. The van der Waals surface area contributed by atoms with Crippen LogP contribution in [0.15, 0.2) is 29.3 Å². The van der Waals surface area contributed by atoms with E-state index in [1.807, 2.05) is 6.92 Å². The maximum atomic E-state index is 12.1. The minimum absolute atomic E-state index is 0.0391. The molecule has 20 heavy (non-hydrogen) atoms. The van der Waals surface area contributed by atoms with Gasteiger partial charge in [0.1, 0.15) is 5.75 Å². The Balaban J connectivity index is 2.55. The summed E-state index contributed by atoms with van der Waals surface area (Å²) in [7, 11) is 1.60. The fourth-order valence-electron chi connectivity index (χ4n) is 1.59. The highest BCUT2D eigenvalue weighted by molar-refractivity contribution is 5.78. The van der Waals surface area contributed by atoms with Crippen LogP contribution in [0.25, 0.3) is 0 Å². The van der Waals surface area contributed by atoms with Gasteiger partial charge in [-0.25, -0.2) is 4.99 Å². The standard InChI is InChI=1S/C13H19F2N3O2/c1-9(8-19-2)18-13(16)17-7-10-4-3-5-11(6-10)20-12(14)15/h3-6,9,12H,7-8H2,1-2H3,(H3,16,17,18). The summed E-state index contributed by atoms with van der Waals surface area (Å²) >= 11 is 0. The lowest BCUT2D eigenvalue weighted by Crippen LogP contribution is -2.40. The Labute approximate surface area is 116 Å². The first-order valence-electron chi connectivity index (χ1n) is 6.10. The van der Waals surface area contributed by atoms with Crippen LogP contribution in [0.1, 0.15) is 12.5 Å². The second-order valence-electron chi connectivity index (χ2n) is 4.23. The van der Waals surface area contributed by atoms with Gasteiger partial charge in [-0.05, 0) is 24.6 Å². The zero-order valence-corrected chi connectivity index (χ0v) is 11.5. The Morgan fingerprint density at radius 1 is 1.45 bits per heavy atom. The number of aliphatic imine (C=N–C) groups is 1. The molecule has 0 aliphatic rings. The van der Waals surface area contributed by atoms with Crippen molar-refractivity contribution in [2.24, 2.45) is 10.7 Å². The van der Waals surface area contributed by atoms with E-state index in [2.05, 4.69) is 15.0 Å². The molecule has 112 valence electrons. The highest BCUT2D eigenvalue weighted by Crippen LogP contribution is 2.16. The molecule has 0 saturated heterocycles. The van der Waals surface area contributed by atoms with E-state index in [0.29, 0.717) is 6.61 Å². The Hall–Kier alpha value is -1.89. The largest absolute Gasteiger partial charge is 0.435 e. The molecule has 1 aromatic rings. The summed E-state index contributed by atoms with van der Waals surface area (Å²) in [5.74, 6) is 0.377. The molecule has 3 N–H and O–H groups in total. The highest BCUT2D eigenvalue weighted by atomic mass is 19.3. The second-order valence-corrected chi connectivity index (χ2v) is 4.23. The molecule has 7 heteroatoms. The topological polar surface area (TPSA) is 68.9 Å². The number of hydrogen-bond acceptors (Lipinski definition) is 3. The quantitative estimate of drug-likeness (QED) is 0.592. The summed E-state index contributed by atoms with van der Waals surface area (Å²) in [5.41, 5.74) is 6.43. The number of nitrogens with two attached hydrogens (primary N) is 1. The van der Waals surface area contributed by atoms with Crippen molar-refractivity contribution in [2.75, 3.05) is 13.7 Å². The van der Waals surface area contributed by atoms with E-state index in [-0.39, 0.29) is 24.3 Å². The van der Waals surface area contributed by atoms with Gasteiger partial charge in [-0.15, -0.1) is 0 Å². The van der Waals surface area contributed by atoms with Crippen LogP contribution in [0.5, 0.6) is 5.75 Å². The van der Waals surface area contributed by atoms with E-state index in [9.17, 15) is 8.78 Å². The summed E-state index contributed by atoms with van der Waals surface area (Å²) < 4.78 is 33.5. The van der Waals surface area contributed by atoms with Crippen LogP contribution >= 0.6 is 0 Å². The number of hydrogen-bond donors (Lipinski definition) is 2. The maximum Gasteiger partial charge on any atom is 0.387 e. The number of halogens is 2. The average Bonchev–Trinajstić information content (AvgIpc) is 2.36. The number of guanidine groups is 1. The van der Waals surface area contributed by atoms with Crippen molar-refractivity contribution in [1.29, 1.82) is 0 Å². The van der Waals surface area contributed by atoms with E-state index in [4.69, 9.17) is 10.5 Å². The average molecular weight is 287 g/mol. The lowest BCUT2D eigenvalue weighted by atomic mass is 10.2. The lowest BCUT2D eigenvalue weighted by Gasteiger charge is -2.13. The zero-order chi connectivity index (χ0) is 15.0. The monoisotopic (exact) mass is 287 g/mol. The molecule has 1 atom stereocenters. The first-order valence-corrected chi connectivity index (χ1v) is 6.10. The first kappa shape index (κ1) is 16.2. The normalized spacial score (nSPS) is 13.3. The minimum Gasteiger partial charge on any atom is -0.435 e. The van der Waals surface area contributed by atoms with Crippen LogP contribution in [-0.4, -0.2) is 32.3 Å². The summed E-state index contributed by atoms with van der Waals surface area (Å²) in [6, 6.07) is 6.38. The van der Waals surface area contributed by atoms with Crippen LogP contribution in [0.2, 0.25) is 0 Å². The van der Waals surface area contributed by atoms with E-state index in [1.54, 1.807) is 19.2 Å². The SMILES string of the molecule is COCC(C)NC(N)=NCc1cccc(OC(F)F)c1. The number of nitrogens with one attached hydrogen (secondary N) is 1. The Kier molecular flexibility index (Phi) is 6.72. The molecule has 0 aliphatic heterocycles. The van der Waals surface area contributed by atoms with Gasteiger partial charge in [0.2, 0.25) is 0 Å². The van der Waals surface area contributed by atoms with Crippen LogP contribution in [0.3, 0.4) is 0 Å². The number of rotatable bonds is 7. The Morgan fingerprint density at radius 2 is 2.20 bits per heavy atom. The molecule has 0 bridgehead atoms. The van der Waals surface area contributed by atoms with Crippen molar-refractivity contribution < 1.29 is 18.3 Å². The smallest absolute Gasteiger partial charge is 0.387 e. The van der Waals surface area contributed by atoms with Crippen LogP contribution < -0.4 is 15.8 Å². The molecule has 0 spiro atoms. The van der Waals surface area contributed by atoms with Gasteiger partial charge in [0.25, 0.3) is 0 Å². The van der Waals surface area contributed by atoms with Gasteiger partial charge in [0, 0.05) is 13.2 Å². The third-order valence-electron chi connectivity index (χ3n) is 2.37. The molecule has 0 aromatic heterocycles. The van der Waals surface area contributed by atoms with Crippen LogP contribution in [0.4, 0.5) is 8.78 Å². The van der Waals surface area contributed by atoms with Crippen molar-refractivity contribution >= 4 is 5.96 Å². The molecule has 1 unspecified atom stereocenters. The van der Waals surface area contributed by atoms with Gasteiger partial charge >= 0.3 is 6.61 Å². The number of alkyl halides is 2. The molecule has 0 radical (unpaired) electrons. The summed E-state index contributed by atoms with van der Waals surface area (Å²) in [6.45, 7) is -0.147. The molecule has 0 heterocycles. The number of ether oxygens (including phenoxy) is 2. The maximum absolute atomic E-state index is 12.1. The fourth-order valence-corrected chi connectivity index (χ4v) is 1.59. The van der Waals surface area contributed by atoms with Gasteiger partial charge < -0.3 is 20.5 Å². The number of benzene rings is 1. The highest BCUT2D eigenvalue weighted by Gasteiger charge is 2.05. The predicted molar refractivity (Wildman–Crippen MR) is 72.9 cm³/mol. The summed E-state index contributed by atoms with van der Waals surface area (Å²) in [5, 5.41) is 2.95. The molecule has 1 rings (SSSR count). The van der Waals surface area contributed by atoms with E-state index in [1.165, 1.54) is 12.1 Å². The predicted octanol–water partition coefficient (Wildman–Crippen LogP) is 1.73.